The zero-order chi connectivity index (χ0) is 39.8. The molecule has 7 heteroatoms. The molecule has 0 radical (unpaired) electrons. The number of nitrogens with zero attached hydrogens (tertiary/aromatic N) is 2. The molecule has 286 valence electrons. The molecule has 0 unspecified atom stereocenters. The lowest BCUT2D eigenvalue weighted by atomic mass is 9.79. The molecule has 7 nitrogen and oxygen atoms in total. The third-order valence-corrected chi connectivity index (χ3v) is 11.0. The molecule has 0 heterocycles. The molecule has 0 atom stereocenters. The fourth-order valence-electron chi connectivity index (χ4n) is 8.40. The number of anilines is 6. The van der Waals surface area contributed by atoms with E-state index >= 15 is 0 Å². The van der Waals surface area contributed by atoms with Crippen LogP contribution in [0.4, 0.5) is 34.1 Å². The Labute approximate surface area is 334 Å². The fraction of sp³-hybridized carbons (Fsp3) is 0.160. The number of rotatable bonds is 11. The predicted octanol–water partition coefficient (Wildman–Crippen LogP) is 11.9. The minimum absolute atomic E-state index is 0.770. The van der Waals surface area contributed by atoms with E-state index in [0.29, 0.717) is 0 Å². The highest BCUT2D eigenvalue weighted by atomic mass is 16.5. The molecule has 57 heavy (non-hydrogen) atoms. The first-order valence-corrected chi connectivity index (χ1v) is 18.9. The first-order chi connectivity index (χ1) is 27.7. The van der Waals surface area contributed by atoms with Gasteiger partial charge in [0.25, 0.3) is 0 Å². The Bertz CT molecular complexity index is 2280. The van der Waals surface area contributed by atoms with Crippen LogP contribution in [0.5, 0.6) is 23.0 Å². The molecule has 0 bridgehead atoms. The Hall–Kier alpha value is -6.70. The maximum absolute atomic E-state index is 13.8. The van der Waals surface area contributed by atoms with Gasteiger partial charge in [0.1, 0.15) is 28.6 Å². The highest BCUT2D eigenvalue weighted by molar-refractivity contribution is 5.90. The van der Waals surface area contributed by atoms with Crippen molar-refractivity contribution in [1.29, 1.82) is 0 Å². The van der Waals surface area contributed by atoms with Gasteiger partial charge in [-0.25, -0.2) is 0 Å². The Morgan fingerprint density at radius 1 is 0.386 bits per heavy atom. The summed E-state index contributed by atoms with van der Waals surface area (Å²) in [5.74, 6) is 3.08. The minimum Gasteiger partial charge on any atom is -0.497 e. The van der Waals surface area contributed by atoms with E-state index < -0.39 is 5.60 Å². The molecule has 1 aliphatic carbocycles. The standard InChI is InChI=1S/C50H46N2O5/c1-32-28-33(2)49(34(3)29-32)50(53)47-30-39(51(35-8-18-41(54-4)19-9-35)36-10-20-42(55-5)21-11-36)16-26-45(47)46-27-17-40(31-48(46)50)52(37-12-22-43(56-6)23-13-37)38-14-24-44(57-7)25-15-38/h8-31,53H,1-7H3. The van der Waals surface area contributed by atoms with Crippen molar-refractivity contribution in [3.05, 3.63) is 179 Å². The third-order valence-electron chi connectivity index (χ3n) is 11.0. The van der Waals surface area contributed by atoms with Crippen LogP contribution in [-0.4, -0.2) is 33.5 Å². The van der Waals surface area contributed by atoms with E-state index in [4.69, 9.17) is 18.9 Å². The molecule has 8 rings (SSSR count). The molecule has 0 aromatic heterocycles. The summed E-state index contributed by atoms with van der Waals surface area (Å²) in [6, 6.07) is 49.2. The molecule has 1 N–H and O–H groups in total. The topological polar surface area (TPSA) is 63.6 Å². The molecule has 0 aliphatic heterocycles. The van der Waals surface area contributed by atoms with Crippen molar-refractivity contribution in [2.24, 2.45) is 0 Å². The Balaban J connectivity index is 1.35. The second-order valence-electron chi connectivity index (χ2n) is 14.4. The molecule has 0 spiro atoms. The van der Waals surface area contributed by atoms with Crippen LogP contribution in [0.15, 0.2) is 146 Å². The average Bonchev–Trinajstić information content (AvgIpc) is 3.48. The fourth-order valence-corrected chi connectivity index (χ4v) is 8.40. The molecule has 0 fully saturated rings. The smallest absolute Gasteiger partial charge is 0.142 e. The van der Waals surface area contributed by atoms with Gasteiger partial charge in [0.15, 0.2) is 0 Å². The number of hydrogen-bond donors (Lipinski definition) is 1. The molecule has 0 amide bonds. The number of aliphatic hydroxyl groups is 1. The first kappa shape index (κ1) is 37.2. The van der Waals surface area contributed by atoms with Crippen molar-refractivity contribution in [2.45, 2.75) is 26.4 Å². The summed E-state index contributed by atoms with van der Waals surface area (Å²) in [5.41, 5.74) is 11.7. The highest BCUT2D eigenvalue weighted by Crippen LogP contribution is 2.55. The first-order valence-electron chi connectivity index (χ1n) is 18.9. The van der Waals surface area contributed by atoms with Crippen LogP contribution in [0.2, 0.25) is 0 Å². The Morgan fingerprint density at radius 2 is 0.667 bits per heavy atom. The van der Waals surface area contributed by atoms with Crippen molar-refractivity contribution in [2.75, 3.05) is 38.2 Å². The molecular formula is C50H46N2O5. The maximum Gasteiger partial charge on any atom is 0.142 e. The van der Waals surface area contributed by atoms with Crippen molar-refractivity contribution in [1.82, 2.24) is 0 Å². The van der Waals surface area contributed by atoms with Crippen molar-refractivity contribution in [3.63, 3.8) is 0 Å². The molecule has 7 aromatic rings. The summed E-state index contributed by atoms with van der Waals surface area (Å²) in [6.07, 6.45) is 0. The lowest BCUT2D eigenvalue weighted by Crippen LogP contribution is -2.29. The van der Waals surface area contributed by atoms with E-state index in [9.17, 15) is 5.11 Å². The van der Waals surface area contributed by atoms with E-state index in [0.717, 1.165) is 102 Å². The highest BCUT2D eigenvalue weighted by Gasteiger charge is 2.46. The number of ether oxygens (including phenoxy) is 4. The lowest BCUT2D eigenvalue weighted by Gasteiger charge is -2.33. The number of methoxy groups -OCH3 is 4. The Morgan fingerprint density at radius 3 is 0.947 bits per heavy atom. The summed E-state index contributed by atoms with van der Waals surface area (Å²) in [4.78, 5) is 4.38. The van der Waals surface area contributed by atoms with Crippen LogP contribution < -0.4 is 28.7 Å². The normalized spacial score (nSPS) is 12.4. The molecule has 1 aliphatic rings. The summed E-state index contributed by atoms with van der Waals surface area (Å²) < 4.78 is 22.1. The van der Waals surface area contributed by atoms with Crippen molar-refractivity contribution < 1.29 is 24.1 Å². The second-order valence-corrected chi connectivity index (χ2v) is 14.4. The van der Waals surface area contributed by atoms with Gasteiger partial charge >= 0.3 is 0 Å². The molecule has 0 saturated carbocycles. The van der Waals surface area contributed by atoms with E-state index in [1.54, 1.807) is 28.4 Å². The zero-order valence-corrected chi connectivity index (χ0v) is 33.3. The van der Waals surface area contributed by atoms with Crippen molar-refractivity contribution in [3.8, 4) is 34.1 Å². The van der Waals surface area contributed by atoms with Gasteiger partial charge in [-0.1, -0.05) is 29.8 Å². The van der Waals surface area contributed by atoms with Gasteiger partial charge in [-0.15, -0.1) is 0 Å². The largest absolute Gasteiger partial charge is 0.497 e. The van der Waals surface area contributed by atoms with E-state index in [1.807, 2.05) is 97.1 Å². The van der Waals surface area contributed by atoms with Crippen molar-refractivity contribution >= 4 is 34.1 Å². The maximum atomic E-state index is 13.8. The lowest BCUT2D eigenvalue weighted by molar-refractivity contribution is 0.129. The van der Waals surface area contributed by atoms with Crippen LogP contribution in [0.25, 0.3) is 11.1 Å². The quantitative estimate of drug-likeness (QED) is 0.141. The SMILES string of the molecule is COc1ccc(N(c2ccc(OC)cc2)c2ccc3c(c2)C(O)(c2c(C)cc(C)cc2C)c2cc(N(c4ccc(OC)cc4)c4ccc(OC)cc4)ccc2-3)cc1. The van der Waals surface area contributed by atoms with Gasteiger partial charge in [-0.3, -0.25) is 0 Å². The molecule has 0 saturated heterocycles. The van der Waals surface area contributed by atoms with Gasteiger partial charge in [0.2, 0.25) is 0 Å². The summed E-state index contributed by atoms with van der Waals surface area (Å²) in [6.45, 7) is 6.30. The Kier molecular flexibility index (Phi) is 9.86. The summed E-state index contributed by atoms with van der Waals surface area (Å²) in [7, 11) is 6.68. The van der Waals surface area contributed by atoms with E-state index in [1.165, 1.54) is 0 Å². The van der Waals surface area contributed by atoms with Crippen LogP contribution in [-0.2, 0) is 5.60 Å². The number of hydrogen-bond acceptors (Lipinski definition) is 7. The number of benzene rings is 7. The number of fused-ring (bicyclic) bond motifs is 3. The monoisotopic (exact) mass is 754 g/mol. The summed E-state index contributed by atoms with van der Waals surface area (Å²) >= 11 is 0. The predicted molar refractivity (Wildman–Crippen MR) is 230 cm³/mol. The summed E-state index contributed by atoms with van der Waals surface area (Å²) in [5, 5.41) is 13.8. The minimum atomic E-state index is -1.49. The third kappa shape index (κ3) is 6.60. The second kappa shape index (κ2) is 15.1. The van der Waals surface area contributed by atoms with Gasteiger partial charge in [0.05, 0.1) is 28.4 Å². The number of aryl methyl sites for hydroxylation is 3. The van der Waals surface area contributed by atoms with Crippen LogP contribution >= 0.6 is 0 Å². The van der Waals surface area contributed by atoms with Gasteiger partial charge < -0.3 is 33.9 Å². The van der Waals surface area contributed by atoms with Gasteiger partial charge in [-0.2, -0.15) is 0 Å². The van der Waals surface area contributed by atoms with Gasteiger partial charge in [0, 0.05) is 45.3 Å². The van der Waals surface area contributed by atoms with Gasteiger partial charge in [-0.05, 0) is 170 Å². The van der Waals surface area contributed by atoms with Crippen LogP contribution in [0, 0.1) is 20.8 Å². The molecule has 7 aromatic carbocycles. The molecular weight excluding hydrogens is 709 g/mol. The zero-order valence-electron chi connectivity index (χ0n) is 33.3. The van der Waals surface area contributed by atoms with E-state index in [2.05, 4.69) is 79.1 Å². The average molecular weight is 755 g/mol. The van der Waals surface area contributed by atoms with Crippen LogP contribution in [0.3, 0.4) is 0 Å². The van der Waals surface area contributed by atoms with E-state index in [-0.39, 0.29) is 0 Å². The van der Waals surface area contributed by atoms with Crippen LogP contribution in [0.1, 0.15) is 33.4 Å².